The zero-order valence-electron chi connectivity index (χ0n) is 57.8. The van der Waals surface area contributed by atoms with Gasteiger partial charge in [-0.05, 0) is 129 Å². The largest absolute Gasteiger partial charge is 0.508 e. The van der Waals surface area contributed by atoms with Crippen molar-refractivity contribution in [3.05, 3.63) is 158 Å². The number of carbonyl (C=O) groups is 3. The van der Waals surface area contributed by atoms with Crippen LogP contribution in [0.1, 0.15) is 141 Å². The highest BCUT2D eigenvalue weighted by atomic mass is 19.4. The maximum atomic E-state index is 15.3. The Balaban J connectivity index is 0.838. The van der Waals surface area contributed by atoms with Gasteiger partial charge in [0.15, 0.2) is 34.4 Å². The van der Waals surface area contributed by atoms with Gasteiger partial charge in [-0.15, -0.1) is 0 Å². The molecule has 0 aliphatic carbocycles. The first-order valence-corrected chi connectivity index (χ1v) is 33.8. The Morgan fingerprint density at radius 1 is 0.529 bits per heavy atom. The molecule has 26 heteroatoms. The zero-order chi connectivity index (χ0) is 72.7. The van der Waals surface area contributed by atoms with Gasteiger partial charge in [0.25, 0.3) is 17.7 Å². The molecule has 7 N–H and O–H groups in total. The standard InChI is InChI=1S/C76H81F4N9O13/c1-40(2)52-28-55(61(93)31-58(52)90)70-64(67(82-100-70)73(96)81-19-24-99-8)46-10-13-50-35-86(21-16-44(50)26-46)38-88(23-18-77)74(97)68-65(71(101-83-68)56-29-53(41(3)4)59(91)32-62(56)94)48-11-14-51-36-87(22-17-45(51)27-48)39-89(37-76(78,79)80)75(98)69-66(47-9-12-49-34-85(7)20-15-43(49)25-47)72(102-84-69)57-30-54(42(5)6)60(92)33-63(57)95/h9-14,25-33,40-42,90-95H,15-24,34-39H2,1-8H3,(H,81,96). The molecule has 3 aliphatic heterocycles. The Bertz CT molecular complexity index is 4680. The van der Waals surface area contributed by atoms with Crippen LogP contribution in [-0.2, 0) is 43.6 Å². The van der Waals surface area contributed by atoms with Gasteiger partial charge in [0.05, 0.1) is 59.9 Å². The van der Waals surface area contributed by atoms with Crippen molar-refractivity contribution in [3.63, 3.8) is 0 Å². The summed E-state index contributed by atoms with van der Waals surface area (Å²) in [4.78, 5) is 51.8. The first-order chi connectivity index (χ1) is 48.7. The minimum absolute atomic E-state index is 0.0358. The maximum absolute atomic E-state index is 15.3. The van der Waals surface area contributed by atoms with Crippen LogP contribution in [0.4, 0.5) is 17.6 Å². The van der Waals surface area contributed by atoms with Crippen molar-refractivity contribution in [2.45, 2.75) is 104 Å². The molecule has 3 aliphatic rings. The first kappa shape index (κ1) is 71.5. The van der Waals surface area contributed by atoms with Gasteiger partial charge in [0.1, 0.15) is 47.7 Å². The lowest BCUT2D eigenvalue weighted by Crippen LogP contribution is -2.47. The number of alkyl halides is 4. The number of carbonyl (C=O) groups excluding carboxylic acids is 3. The summed E-state index contributed by atoms with van der Waals surface area (Å²) in [6.45, 7) is 10.3. The zero-order valence-corrected chi connectivity index (χ0v) is 57.8. The van der Waals surface area contributed by atoms with Crippen molar-refractivity contribution in [1.29, 1.82) is 0 Å². The number of likely N-dealkylation sites (N-methyl/N-ethyl adjacent to an activating group) is 1. The smallest absolute Gasteiger partial charge is 0.406 e. The van der Waals surface area contributed by atoms with Gasteiger partial charge in [0.2, 0.25) is 0 Å². The number of halogens is 4. The van der Waals surface area contributed by atoms with Crippen LogP contribution >= 0.6 is 0 Å². The number of amides is 3. The number of aromatic nitrogens is 3. The third kappa shape index (κ3) is 14.6. The average molecular weight is 1400 g/mol. The van der Waals surface area contributed by atoms with Crippen LogP contribution in [0.15, 0.2) is 105 Å². The molecule has 102 heavy (non-hydrogen) atoms. The van der Waals surface area contributed by atoms with Crippen LogP contribution < -0.4 is 5.32 Å². The molecule has 0 spiro atoms. The molecule has 12 rings (SSSR count). The molecule has 6 aromatic carbocycles. The predicted octanol–water partition coefficient (Wildman–Crippen LogP) is 13.1. The third-order valence-corrected chi connectivity index (χ3v) is 19.2. The second kappa shape index (κ2) is 29.4. The first-order valence-electron chi connectivity index (χ1n) is 33.8. The van der Waals surface area contributed by atoms with E-state index in [4.69, 9.17) is 18.3 Å². The fourth-order valence-corrected chi connectivity index (χ4v) is 13.9. The Kier molecular flexibility index (Phi) is 20.6. The van der Waals surface area contributed by atoms with Crippen molar-refractivity contribution in [2.24, 2.45) is 0 Å². The number of methoxy groups -OCH3 is 1. The molecule has 9 aromatic rings. The number of aromatic hydroxyl groups is 6. The minimum Gasteiger partial charge on any atom is -0.508 e. The monoisotopic (exact) mass is 1400 g/mol. The molecule has 0 bridgehead atoms. The number of hydrogen-bond acceptors (Lipinski definition) is 19. The van der Waals surface area contributed by atoms with Gasteiger partial charge in [0, 0.05) is 71.1 Å². The van der Waals surface area contributed by atoms with Crippen molar-refractivity contribution in [1.82, 2.24) is 45.3 Å². The molecule has 0 saturated heterocycles. The molecule has 6 heterocycles. The van der Waals surface area contributed by atoms with E-state index in [0.717, 1.165) is 40.4 Å². The highest BCUT2D eigenvalue weighted by Crippen LogP contribution is 2.48. The number of benzene rings is 6. The Morgan fingerprint density at radius 2 is 0.912 bits per heavy atom. The predicted molar refractivity (Wildman–Crippen MR) is 371 cm³/mol. The van der Waals surface area contributed by atoms with E-state index in [-0.39, 0.29) is 149 Å². The molecule has 0 unspecified atom stereocenters. The fourth-order valence-electron chi connectivity index (χ4n) is 13.9. The molecular formula is C76H81F4N9O13. The van der Waals surface area contributed by atoms with Gasteiger partial charge in [-0.2, -0.15) is 13.2 Å². The second-order valence-corrected chi connectivity index (χ2v) is 27.4. The molecule has 536 valence electrons. The maximum Gasteiger partial charge on any atom is 0.406 e. The average Bonchev–Trinajstić information content (AvgIpc) is 1.57. The number of nitrogens with one attached hydrogen (secondary N) is 1. The summed E-state index contributed by atoms with van der Waals surface area (Å²) < 4.78 is 82.5. The lowest BCUT2D eigenvalue weighted by molar-refractivity contribution is -0.144. The van der Waals surface area contributed by atoms with Crippen LogP contribution in [0, 0.1) is 0 Å². The van der Waals surface area contributed by atoms with Crippen molar-refractivity contribution in [3.8, 4) is 102 Å². The summed E-state index contributed by atoms with van der Waals surface area (Å²) in [6, 6.07) is 24.5. The summed E-state index contributed by atoms with van der Waals surface area (Å²) in [5.41, 5.74) is 8.19. The Hall–Kier alpha value is -10.3. The van der Waals surface area contributed by atoms with Crippen molar-refractivity contribution >= 4 is 17.7 Å². The second-order valence-electron chi connectivity index (χ2n) is 27.4. The van der Waals surface area contributed by atoms with Gasteiger partial charge >= 0.3 is 6.18 Å². The van der Waals surface area contributed by atoms with E-state index in [2.05, 4.69) is 25.7 Å². The summed E-state index contributed by atoms with van der Waals surface area (Å²) in [6.07, 6.45) is -3.54. The number of ether oxygens (including phenoxy) is 1. The van der Waals surface area contributed by atoms with Crippen molar-refractivity contribution < 1.29 is 80.9 Å². The molecule has 0 radical (unpaired) electrons. The number of hydrogen-bond donors (Lipinski definition) is 7. The van der Waals surface area contributed by atoms with E-state index in [9.17, 15) is 53.0 Å². The fraction of sp³-hybridized carbons (Fsp3) is 0.368. The van der Waals surface area contributed by atoms with Crippen LogP contribution in [0.3, 0.4) is 0 Å². The molecular weight excluding hydrogens is 1320 g/mol. The Labute approximate surface area is 585 Å². The highest BCUT2D eigenvalue weighted by Gasteiger charge is 2.40. The van der Waals surface area contributed by atoms with Crippen LogP contribution in [0.25, 0.3) is 67.4 Å². The molecule has 0 fully saturated rings. The topological polar surface area (TPSA) is 288 Å². The SMILES string of the molecule is COCCNC(=O)c1noc(-c2cc(C(C)C)c(O)cc2O)c1-c1ccc2c(c1)CCN(CN(CCF)C(=O)c1noc(-c3cc(C(C)C)c(O)cc3O)c1-c1ccc3c(c1)CCN(CN(CC(F)(F)F)C(=O)c1noc(-c4cc(C(C)C)c(O)cc4O)c1-c1ccc4c(c1)CCN(C)C4)C3)C2. The number of phenolic OH excluding ortho intramolecular Hbond substituents is 6. The lowest BCUT2D eigenvalue weighted by Gasteiger charge is -2.34. The van der Waals surface area contributed by atoms with Gasteiger partial charge < -0.3 is 69.0 Å². The molecule has 3 aromatic heterocycles. The van der Waals surface area contributed by atoms with Crippen molar-refractivity contribution in [2.75, 3.05) is 80.0 Å². The van der Waals surface area contributed by atoms with Crippen LogP contribution in [0.2, 0.25) is 0 Å². The van der Waals surface area contributed by atoms with E-state index < -0.39 is 55.2 Å². The van der Waals surface area contributed by atoms with Crippen LogP contribution in [-0.4, -0.2) is 175 Å². The summed E-state index contributed by atoms with van der Waals surface area (Å²) in [7, 11) is 3.50. The Morgan fingerprint density at radius 3 is 1.31 bits per heavy atom. The highest BCUT2D eigenvalue weighted by molar-refractivity contribution is 6.05. The molecule has 22 nitrogen and oxygen atoms in total. The van der Waals surface area contributed by atoms with Crippen LogP contribution in [0.5, 0.6) is 34.5 Å². The van der Waals surface area contributed by atoms with E-state index in [1.807, 2.05) is 77.8 Å². The molecule has 3 amide bonds. The number of fused-ring (bicyclic) bond motifs is 3. The summed E-state index contributed by atoms with van der Waals surface area (Å²) in [5, 5.41) is 82.0. The quantitative estimate of drug-likeness (QED) is 0.0245. The summed E-state index contributed by atoms with van der Waals surface area (Å²) >= 11 is 0. The van der Waals surface area contributed by atoms with E-state index in [1.54, 1.807) is 47.4 Å². The van der Waals surface area contributed by atoms with Gasteiger partial charge in [-0.1, -0.05) is 112 Å². The number of phenols is 6. The van der Waals surface area contributed by atoms with E-state index >= 15 is 9.59 Å². The number of rotatable bonds is 22. The minimum atomic E-state index is -4.87. The summed E-state index contributed by atoms with van der Waals surface area (Å²) in [5.74, 6) is -4.52. The normalized spacial score (nSPS) is 14.3. The van der Waals surface area contributed by atoms with Gasteiger partial charge in [-0.25, -0.2) is 4.39 Å². The van der Waals surface area contributed by atoms with E-state index in [1.165, 1.54) is 30.2 Å². The lowest BCUT2D eigenvalue weighted by atomic mass is 9.91. The molecule has 0 saturated carbocycles. The third-order valence-electron chi connectivity index (χ3n) is 19.2. The van der Waals surface area contributed by atoms with Gasteiger partial charge in [-0.3, -0.25) is 24.2 Å². The van der Waals surface area contributed by atoms with E-state index in [0.29, 0.717) is 81.9 Å². The molecule has 0 atom stereocenters. The number of nitrogens with zero attached hydrogens (tertiary/aromatic N) is 8.